The molecule has 0 aliphatic carbocycles. The van der Waals surface area contributed by atoms with Crippen molar-refractivity contribution in [1.82, 2.24) is 30.3 Å². The van der Waals surface area contributed by atoms with Crippen LogP contribution in [0.5, 0.6) is 0 Å². The molecule has 2 heterocycles. The van der Waals surface area contributed by atoms with Crippen LogP contribution in [0.15, 0.2) is 52.1 Å². The van der Waals surface area contributed by atoms with Gasteiger partial charge in [-0.25, -0.2) is 0 Å². The Bertz CT molecular complexity index is 1070. The average molecular weight is 378 g/mol. The van der Waals surface area contributed by atoms with Crippen LogP contribution in [-0.2, 0) is 5.75 Å². The molecule has 0 atom stereocenters. The molecule has 27 heavy (non-hydrogen) atoms. The highest BCUT2D eigenvalue weighted by atomic mass is 32.2. The molecule has 8 heteroatoms. The molecule has 0 bridgehead atoms. The van der Waals surface area contributed by atoms with E-state index in [-0.39, 0.29) is 0 Å². The van der Waals surface area contributed by atoms with Crippen LogP contribution < -0.4 is 0 Å². The number of aryl methyl sites for hydroxylation is 3. The monoisotopic (exact) mass is 378 g/mol. The Morgan fingerprint density at radius 1 is 1.00 bits per heavy atom. The third kappa shape index (κ3) is 3.75. The van der Waals surface area contributed by atoms with E-state index in [4.69, 9.17) is 4.52 Å². The first-order valence-electron chi connectivity index (χ1n) is 8.48. The van der Waals surface area contributed by atoms with Crippen LogP contribution in [0, 0.1) is 20.8 Å². The first-order valence-corrected chi connectivity index (χ1v) is 9.47. The van der Waals surface area contributed by atoms with E-state index in [1.807, 2.05) is 50.2 Å². The van der Waals surface area contributed by atoms with Crippen molar-refractivity contribution in [3.63, 3.8) is 0 Å². The van der Waals surface area contributed by atoms with Gasteiger partial charge in [0.05, 0.1) is 11.4 Å². The first kappa shape index (κ1) is 17.4. The lowest BCUT2D eigenvalue weighted by molar-refractivity contribution is 0.391. The molecule has 4 rings (SSSR count). The van der Waals surface area contributed by atoms with Gasteiger partial charge in [-0.3, -0.25) is 0 Å². The first-order chi connectivity index (χ1) is 13.1. The van der Waals surface area contributed by atoms with Crippen LogP contribution in [0.2, 0.25) is 0 Å². The molecule has 0 spiro atoms. The van der Waals surface area contributed by atoms with E-state index in [1.54, 1.807) is 4.68 Å². The van der Waals surface area contributed by atoms with Crippen molar-refractivity contribution < 1.29 is 4.52 Å². The van der Waals surface area contributed by atoms with Gasteiger partial charge in [-0.2, -0.15) is 9.67 Å². The second-order valence-electron chi connectivity index (χ2n) is 6.33. The Balaban J connectivity index is 1.50. The largest absolute Gasteiger partial charge is 0.338 e. The minimum Gasteiger partial charge on any atom is -0.338 e. The average Bonchev–Trinajstić information content (AvgIpc) is 3.30. The maximum absolute atomic E-state index is 5.37. The van der Waals surface area contributed by atoms with Gasteiger partial charge < -0.3 is 4.52 Å². The number of aromatic nitrogens is 6. The van der Waals surface area contributed by atoms with Gasteiger partial charge in [0.15, 0.2) is 0 Å². The maximum atomic E-state index is 5.37. The third-order valence-electron chi connectivity index (χ3n) is 4.12. The Morgan fingerprint density at radius 3 is 2.56 bits per heavy atom. The number of tetrazole rings is 1. The van der Waals surface area contributed by atoms with Crippen molar-refractivity contribution in [1.29, 1.82) is 0 Å². The molecule has 0 amide bonds. The molecule has 0 aliphatic rings. The minimum absolute atomic E-state index is 0.490. The van der Waals surface area contributed by atoms with Crippen molar-refractivity contribution in [3.8, 4) is 17.1 Å². The summed E-state index contributed by atoms with van der Waals surface area (Å²) in [5.41, 5.74) is 5.40. The summed E-state index contributed by atoms with van der Waals surface area (Å²) in [5, 5.41) is 16.8. The number of thioether (sulfide) groups is 1. The topological polar surface area (TPSA) is 82.5 Å². The van der Waals surface area contributed by atoms with E-state index in [0.29, 0.717) is 22.6 Å². The lowest BCUT2D eigenvalue weighted by atomic mass is 10.1. The standard InChI is InChI=1S/C19H18N6OS/c1-12-4-7-15(8-5-12)18-20-17(26-22-18)11-27-19-21-23-24-25(19)16-9-6-13(2)10-14(16)3/h4-10H,11H2,1-3H3. The molecule has 4 aromatic rings. The van der Waals surface area contributed by atoms with Crippen LogP contribution in [0.4, 0.5) is 0 Å². The molecular weight excluding hydrogens is 360 g/mol. The summed E-state index contributed by atoms with van der Waals surface area (Å²) in [6.45, 7) is 6.15. The van der Waals surface area contributed by atoms with E-state index in [0.717, 1.165) is 16.8 Å². The normalized spacial score (nSPS) is 11.1. The number of benzene rings is 2. The Morgan fingerprint density at radius 2 is 1.78 bits per heavy atom. The molecule has 0 saturated heterocycles. The van der Waals surface area contributed by atoms with Gasteiger partial charge in [-0.15, -0.1) is 5.10 Å². The molecule has 2 aromatic heterocycles. The Hall–Kier alpha value is -3.00. The minimum atomic E-state index is 0.490. The summed E-state index contributed by atoms with van der Waals surface area (Å²) < 4.78 is 7.11. The highest BCUT2D eigenvalue weighted by molar-refractivity contribution is 7.98. The molecule has 0 fully saturated rings. The van der Waals surface area contributed by atoms with Gasteiger partial charge in [0.25, 0.3) is 0 Å². The lowest BCUT2D eigenvalue weighted by Gasteiger charge is -2.07. The highest BCUT2D eigenvalue weighted by Crippen LogP contribution is 2.25. The molecule has 0 N–H and O–H groups in total. The quantitative estimate of drug-likeness (QED) is 0.487. The van der Waals surface area contributed by atoms with Gasteiger partial charge in [-0.1, -0.05) is 64.4 Å². The molecule has 2 aromatic carbocycles. The zero-order valence-electron chi connectivity index (χ0n) is 15.2. The lowest BCUT2D eigenvalue weighted by Crippen LogP contribution is -2.02. The second kappa shape index (κ2) is 7.32. The fraction of sp³-hybridized carbons (Fsp3) is 0.211. The summed E-state index contributed by atoms with van der Waals surface area (Å²) in [6, 6.07) is 14.2. The van der Waals surface area contributed by atoms with Crippen LogP contribution in [0.3, 0.4) is 0 Å². The maximum Gasteiger partial charge on any atom is 0.237 e. The van der Waals surface area contributed by atoms with Crippen molar-refractivity contribution in [2.45, 2.75) is 31.7 Å². The fourth-order valence-electron chi connectivity index (χ4n) is 2.72. The van der Waals surface area contributed by atoms with Crippen molar-refractivity contribution in [2.75, 3.05) is 0 Å². The van der Waals surface area contributed by atoms with Gasteiger partial charge in [0.2, 0.25) is 16.9 Å². The predicted molar refractivity (Wildman–Crippen MR) is 103 cm³/mol. The predicted octanol–water partition coefficient (Wildman–Crippen LogP) is 3.93. The molecule has 0 aliphatic heterocycles. The van der Waals surface area contributed by atoms with Crippen LogP contribution in [0.25, 0.3) is 17.1 Å². The van der Waals surface area contributed by atoms with E-state index in [9.17, 15) is 0 Å². The van der Waals surface area contributed by atoms with Crippen LogP contribution >= 0.6 is 11.8 Å². The number of rotatable bonds is 5. The van der Waals surface area contributed by atoms with E-state index < -0.39 is 0 Å². The zero-order valence-corrected chi connectivity index (χ0v) is 16.1. The summed E-state index contributed by atoms with van der Waals surface area (Å²) in [6.07, 6.45) is 0. The van der Waals surface area contributed by atoms with Crippen LogP contribution in [0.1, 0.15) is 22.6 Å². The zero-order chi connectivity index (χ0) is 18.8. The van der Waals surface area contributed by atoms with Gasteiger partial charge in [-0.05, 0) is 42.8 Å². The molecule has 136 valence electrons. The molecule has 7 nitrogen and oxygen atoms in total. The molecule has 0 saturated carbocycles. The van der Waals surface area contributed by atoms with E-state index in [1.165, 1.54) is 22.9 Å². The smallest absolute Gasteiger partial charge is 0.237 e. The van der Waals surface area contributed by atoms with Crippen molar-refractivity contribution in [2.24, 2.45) is 0 Å². The van der Waals surface area contributed by atoms with Gasteiger partial charge in [0, 0.05) is 5.56 Å². The Kier molecular flexibility index (Phi) is 4.72. The fourth-order valence-corrected chi connectivity index (χ4v) is 3.44. The molecule has 0 unspecified atom stereocenters. The van der Waals surface area contributed by atoms with Crippen LogP contribution in [-0.4, -0.2) is 30.3 Å². The Labute approximate surface area is 160 Å². The highest BCUT2D eigenvalue weighted by Gasteiger charge is 2.14. The summed E-state index contributed by atoms with van der Waals surface area (Å²) in [5.74, 6) is 1.61. The molecular formula is C19H18N6OS. The van der Waals surface area contributed by atoms with Crippen molar-refractivity contribution in [3.05, 3.63) is 65.0 Å². The second-order valence-corrected chi connectivity index (χ2v) is 7.27. The van der Waals surface area contributed by atoms with E-state index >= 15 is 0 Å². The summed E-state index contributed by atoms with van der Waals surface area (Å²) >= 11 is 1.46. The number of hydrogen-bond acceptors (Lipinski definition) is 7. The number of hydrogen-bond donors (Lipinski definition) is 0. The third-order valence-corrected chi connectivity index (χ3v) is 5.03. The van der Waals surface area contributed by atoms with Gasteiger partial charge in [0.1, 0.15) is 0 Å². The van der Waals surface area contributed by atoms with Crippen molar-refractivity contribution >= 4 is 11.8 Å². The summed E-state index contributed by atoms with van der Waals surface area (Å²) in [4.78, 5) is 4.46. The molecule has 0 radical (unpaired) electrons. The summed E-state index contributed by atoms with van der Waals surface area (Å²) in [7, 11) is 0. The van der Waals surface area contributed by atoms with E-state index in [2.05, 4.69) is 38.7 Å². The van der Waals surface area contributed by atoms with Gasteiger partial charge >= 0.3 is 0 Å². The SMILES string of the molecule is Cc1ccc(-c2noc(CSc3nnnn3-c3ccc(C)cc3C)n2)cc1. The number of nitrogens with zero attached hydrogens (tertiary/aromatic N) is 6.